The van der Waals surface area contributed by atoms with Gasteiger partial charge in [-0.1, -0.05) is 60.2 Å². The fraction of sp³-hybridized carbons (Fsp3) is 0.174. The van der Waals surface area contributed by atoms with Gasteiger partial charge in [-0.2, -0.15) is 5.26 Å². The van der Waals surface area contributed by atoms with Crippen molar-refractivity contribution >= 4 is 11.6 Å². The minimum absolute atomic E-state index is 0.694. The molecule has 0 spiro atoms. The van der Waals surface area contributed by atoms with Crippen molar-refractivity contribution in [1.29, 1.82) is 5.26 Å². The molecule has 0 unspecified atom stereocenters. The molecule has 1 aromatic heterocycles. The van der Waals surface area contributed by atoms with Crippen molar-refractivity contribution in [3.05, 3.63) is 94.3 Å². The van der Waals surface area contributed by atoms with Crippen molar-refractivity contribution in [2.24, 2.45) is 0 Å². The van der Waals surface area contributed by atoms with Crippen LogP contribution in [0.15, 0.2) is 60.7 Å². The number of nitrogens with zero attached hydrogens (tertiary/aromatic N) is 2. The molecular weight excluding hydrogens is 304 g/mol. The molecule has 25 heavy (non-hydrogen) atoms. The smallest absolute Gasteiger partial charge is 0.0998 e. The van der Waals surface area contributed by atoms with Crippen LogP contribution in [0.1, 0.15) is 33.6 Å². The van der Waals surface area contributed by atoms with E-state index in [-0.39, 0.29) is 0 Å². The maximum atomic E-state index is 9.59. The Morgan fingerprint density at radius 2 is 1.68 bits per heavy atom. The summed E-state index contributed by atoms with van der Waals surface area (Å²) in [7, 11) is 0. The van der Waals surface area contributed by atoms with Gasteiger partial charge in [0.2, 0.25) is 0 Å². The first-order valence-corrected chi connectivity index (χ1v) is 8.48. The minimum Gasteiger partial charge on any atom is -0.344 e. The van der Waals surface area contributed by atoms with E-state index in [2.05, 4.69) is 61.7 Å². The molecule has 2 nitrogen and oxygen atoms in total. The predicted molar refractivity (Wildman–Crippen MR) is 104 cm³/mol. The molecule has 3 aromatic rings. The van der Waals surface area contributed by atoms with Gasteiger partial charge in [-0.25, -0.2) is 0 Å². The second-order valence-electron chi connectivity index (χ2n) is 6.43. The van der Waals surface area contributed by atoms with Crippen LogP contribution in [0.2, 0.25) is 0 Å². The van der Waals surface area contributed by atoms with Gasteiger partial charge in [0.15, 0.2) is 0 Å². The zero-order valence-electron chi connectivity index (χ0n) is 15.0. The quantitative estimate of drug-likeness (QED) is 0.580. The van der Waals surface area contributed by atoms with Crippen molar-refractivity contribution in [3.63, 3.8) is 0 Å². The number of aromatic nitrogens is 1. The molecule has 0 aliphatic carbocycles. The molecule has 0 fully saturated rings. The van der Waals surface area contributed by atoms with Crippen LogP contribution in [-0.4, -0.2) is 4.57 Å². The number of hydrogen-bond donors (Lipinski definition) is 0. The molecule has 0 aliphatic rings. The molecule has 0 saturated carbocycles. The Morgan fingerprint density at radius 3 is 2.32 bits per heavy atom. The van der Waals surface area contributed by atoms with Gasteiger partial charge in [-0.3, -0.25) is 0 Å². The summed E-state index contributed by atoms with van der Waals surface area (Å²) in [5, 5.41) is 9.59. The van der Waals surface area contributed by atoms with Crippen molar-refractivity contribution in [2.45, 2.75) is 27.3 Å². The molecule has 0 atom stereocenters. The molecular formula is C23H22N2. The molecule has 2 aromatic carbocycles. The lowest BCUT2D eigenvalue weighted by molar-refractivity contribution is 0.749. The zero-order valence-corrected chi connectivity index (χ0v) is 15.0. The molecule has 0 aliphatic heterocycles. The number of allylic oxidation sites excluding steroid dienone is 1. The summed E-state index contributed by atoms with van der Waals surface area (Å²) in [6, 6.07) is 23.0. The standard InChI is InChI=1S/C23H22N2/c1-17-9-11-21(12-10-17)23(15-24)14-22-13-18(2)25(19(22)3)16-20-7-5-4-6-8-20/h4-14H,16H2,1-3H3/b23-14-. The molecule has 0 amide bonds. The van der Waals surface area contributed by atoms with Gasteiger partial charge in [0.1, 0.15) is 0 Å². The van der Waals surface area contributed by atoms with Crippen molar-refractivity contribution in [2.75, 3.05) is 0 Å². The van der Waals surface area contributed by atoms with Gasteiger partial charge in [0, 0.05) is 17.9 Å². The fourth-order valence-electron chi connectivity index (χ4n) is 3.05. The number of aryl methyl sites for hydroxylation is 2. The summed E-state index contributed by atoms with van der Waals surface area (Å²) in [6.07, 6.45) is 1.99. The topological polar surface area (TPSA) is 28.7 Å². The molecule has 2 heteroatoms. The molecule has 124 valence electrons. The average Bonchev–Trinajstić information content (AvgIpc) is 2.89. The van der Waals surface area contributed by atoms with E-state index in [4.69, 9.17) is 0 Å². The Bertz CT molecular complexity index is 936. The second kappa shape index (κ2) is 7.23. The van der Waals surface area contributed by atoms with Crippen molar-refractivity contribution < 1.29 is 0 Å². The number of nitriles is 1. The summed E-state index contributed by atoms with van der Waals surface area (Å²) < 4.78 is 2.30. The minimum atomic E-state index is 0.694. The fourth-order valence-corrected chi connectivity index (χ4v) is 3.05. The van der Waals surface area contributed by atoms with E-state index in [1.165, 1.54) is 22.5 Å². The molecule has 0 N–H and O–H groups in total. The van der Waals surface area contributed by atoms with Gasteiger partial charge >= 0.3 is 0 Å². The van der Waals surface area contributed by atoms with E-state index >= 15 is 0 Å². The normalized spacial score (nSPS) is 11.4. The van der Waals surface area contributed by atoms with E-state index in [9.17, 15) is 5.26 Å². The first kappa shape index (κ1) is 16.8. The average molecular weight is 326 g/mol. The SMILES string of the molecule is Cc1ccc(/C(C#N)=C\c2cc(C)n(Cc3ccccc3)c2C)cc1. The van der Waals surface area contributed by atoms with Crippen molar-refractivity contribution in [1.82, 2.24) is 4.57 Å². The zero-order chi connectivity index (χ0) is 17.8. The molecule has 0 bridgehead atoms. The highest BCUT2D eigenvalue weighted by molar-refractivity contribution is 5.90. The van der Waals surface area contributed by atoms with Gasteiger partial charge in [-0.05, 0) is 49.6 Å². The largest absolute Gasteiger partial charge is 0.344 e. The van der Waals surface area contributed by atoms with E-state index in [0.29, 0.717) is 5.57 Å². The lowest BCUT2D eigenvalue weighted by atomic mass is 10.0. The summed E-state index contributed by atoms with van der Waals surface area (Å²) in [4.78, 5) is 0. The Morgan fingerprint density at radius 1 is 1.00 bits per heavy atom. The monoisotopic (exact) mass is 326 g/mol. The number of benzene rings is 2. The number of rotatable bonds is 4. The lowest BCUT2D eigenvalue weighted by Gasteiger charge is -2.09. The summed E-state index contributed by atoms with van der Waals surface area (Å²) in [6.45, 7) is 7.13. The van der Waals surface area contributed by atoms with Crippen LogP contribution in [-0.2, 0) is 6.54 Å². The van der Waals surface area contributed by atoms with Crippen LogP contribution in [0.3, 0.4) is 0 Å². The summed E-state index contributed by atoms with van der Waals surface area (Å²) >= 11 is 0. The van der Waals surface area contributed by atoms with Crippen LogP contribution in [0, 0.1) is 32.1 Å². The number of hydrogen-bond acceptors (Lipinski definition) is 1. The van der Waals surface area contributed by atoms with Crippen LogP contribution >= 0.6 is 0 Å². The maximum Gasteiger partial charge on any atom is 0.0998 e. The molecule has 1 heterocycles. The third kappa shape index (κ3) is 3.72. The summed E-state index contributed by atoms with van der Waals surface area (Å²) in [5.74, 6) is 0. The van der Waals surface area contributed by atoms with Crippen LogP contribution < -0.4 is 0 Å². The Hall–Kier alpha value is -3.05. The highest BCUT2D eigenvalue weighted by Crippen LogP contribution is 2.23. The highest BCUT2D eigenvalue weighted by atomic mass is 15.0. The third-order valence-corrected chi connectivity index (χ3v) is 4.58. The highest BCUT2D eigenvalue weighted by Gasteiger charge is 2.10. The van der Waals surface area contributed by atoms with Gasteiger partial charge in [0.25, 0.3) is 0 Å². The first-order chi connectivity index (χ1) is 12.1. The maximum absolute atomic E-state index is 9.59. The van der Waals surface area contributed by atoms with E-state index < -0.39 is 0 Å². The first-order valence-electron chi connectivity index (χ1n) is 8.48. The Labute approximate surface area is 149 Å². The van der Waals surface area contributed by atoms with Crippen LogP contribution in [0.5, 0.6) is 0 Å². The Kier molecular flexibility index (Phi) is 4.86. The molecule has 0 saturated heterocycles. The third-order valence-electron chi connectivity index (χ3n) is 4.58. The van der Waals surface area contributed by atoms with E-state index in [1.807, 2.05) is 36.4 Å². The van der Waals surface area contributed by atoms with Gasteiger partial charge in [-0.15, -0.1) is 0 Å². The van der Waals surface area contributed by atoms with E-state index in [0.717, 1.165) is 17.7 Å². The Balaban J connectivity index is 1.96. The van der Waals surface area contributed by atoms with Crippen LogP contribution in [0.25, 0.3) is 11.6 Å². The van der Waals surface area contributed by atoms with Gasteiger partial charge in [0.05, 0.1) is 11.6 Å². The second-order valence-corrected chi connectivity index (χ2v) is 6.43. The van der Waals surface area contributed by atoms with Crippen molar-refractivity contribution in [3.8, 4) is 6.07 Å². The van der Waals surface area contributed by atoms with Crippen LogP contribution in [0.4, 0.5) is 0 Å². The predicted octanol–water partition coefficient (Wildman–Crippen LogP) is 5.53. The molecule has 0 radical (unpaired) electrons. The van der Waals surface area contributed by atoms with E-state index in [1.54, 1.807) is 0 Å². The van der Waals surface area contributed by atoms with Gasteiger partial charge < -0.3 is 4.57 Å². The lowest BCUT2D eigenvalue weighted by Crippen LogP contribution is -2.03. The summed E-state index contributed by atoms with van der Waals surface area (Å²) in [5.41, 5.74) is 7.61. The molecule has 3 rings (SSSR count).